The molecule has 6 aliphatic rings. The number of aliphatic hydroxyl groups excluding tert-OH is 1. The van der Waals surface area contributed by atoms with Gasteiger partial charge in [-0.3, -0.25) is 9.69 Å². The lowest BCUT2D eigenvalue weighted by molar-refractivity contribution is -0.213. The molecule has 5 heteroatoms. The van der Waals surface area contributed by atoms with Crippen LogP contribution in [0.25, 0.3) is 6.08 Å². The van der Waals surface area contributed by atoms with Crippen molar-refractivity contribution < 1.29 is 19.4 Å². The minimum Gasteiger partial charge on any atom is -0.454 e. The van der Waals surface area contributed by atoms with Gasteiger partial charge in [0.2, 0.25) is 0 Å². The molecule has 1 heterocycles. The highest BCUT2D eigenvalue weighted by molar-refractivity contribution is 5.89. The second-order valence-electron chi connectivity index (χ2n) is 12.8. The van der Waals surface area contributed by atoms with Crippen molar-refractivity contribution in [3.8, 4) is 0 Å². The molecule has 1 saturated heterocycles. The van der Waals surface area contributed by atoms with E-state index in [1.54, 1.807) is 6.08 Å². The van der Waals surface area contributed by atoms with Crippen molar-refractivity contribution in [3.63, 3.8) is 0 Å². The van der Waals surface area contributed by atoms with Gasteiger partial charge in [-0.2, -0.15) is 0 Å². The fourth-order valence-electron chi connectivity index (χ4n) is 10.8. The summed E-state index contributed by atoms with van der Waals surface area (Å²) in [6.45, 7) is 11.0. The second kappa shape index (κ2) is 7.41. The molecule has 0 unspecified atom stereocenters. The van der Waals surface area contributed by atoms with Crippen LogP contribution >= 0.6 is 0 Å². The zero-order valence-corrected chi connectivity index (χ0v) is 21.4. The predicted octanol–water partition coefficient (Wildman–Crippen LogP) is 4.26. The zero-order chi connectivity index (χ0) is 25.0. The summed E-state index contributed by atoms with van der Waals surface area (Å²) in [5.41, 5.74) is 1.31. The number of hydrogen-bond acceptors (Lipinski definition) is 5. The van der Waals surface area contributed by atoms with Crippen LogP contribution in [0.15, 0.2) is 48.6 Å². The van der Waals surface area contributed by atoms with Gasteiger partial charge in [0, 0.05) is 41.8 Å². The standard InChI is InChI=1S/C31H37NO4/c1-4-32-17-29(3)13-12-25(34)31-23(29)14-21(27(31)32)30-16-20(22(33)15-24(30)31)18(2)28(30)36-26(35)11-10-19-8-6-5-7-9-19/h5-11,20-21,23-25,27-28,34H,2,4,12-17H2,1,3H3/b11-10+/t20-,21+,23-,24-,25+,27-,28-,29+,30+,31+/m1/s1. The van der Waals surface area contributed by atoms with Gasteiger partial charge in [0.05, 0.1) is 6.10 Å². The highest BCUT2D eigenvalue weighted by Gasteiger charge is 2.85. The molecule has 1 aliphatic heterocycles. The molecule has 10 atom stereocenters. The number of carbonyl (C=O) groups excluding carboxylic acids is 2. The lowest BCUT2D eigenvalue weighted by Crippen LogP contribution is -2.68. The van der Waals surface area contributed by atoms with Gasteiger partial charge in [-0.05, 0) is 72.6 Å². The van der Waals surface area contributed by atoms with Crippen LogP contribution < -0.4 is 0 Å². The molecule has 5 saturated carbocycles. The van der Waals surface area contributed by atoms with E-state index in [-0.39, 0.29) is 45.9 Å². The Hall–Kier alpha value is -2.24. The molecule has 0 amide bonds. The Morgan fingerprint density at radius 2 is 2.06 bits per heavy atom. The Kier molecular flexibility index (Phi) is 4.72. The van der Waals surface area contributed by atoms with E-state index in [0.29, 0.717) is 18.3 Å². The van der Waals surface area contributed by atoms with E-state index in [0.717, 1.165) is 49.9 Å². The molecule has 7 bridgehead atoms. The first kappa shape index (κ1) is 22.9. The normalized spacial score (nSPS) is 48.5. The van der Waals surface area contributed by atoms with Crippen LogP contribution in [-0.4, -0.2) is 53.1 Å². The SMILES string of the molecule is C=C1[C@H]2C[C@@]3([C@@H]1OC(=O)/C=C/c1ccccc1)[C@@H](CC2=O)[C@]12[C@@H]4C[C@H]3[C@H]1N(CC)C[C@]4(C)CC[C@@H]2O. The summed E-state index contributed by atoms with van der Waals surface area (Å²) in [7, 11) is 0. The maximum absolute atomic E-state index is 13.5. The molecule has 1 aromatic rings. The minimum atomic E-state index is -0.461. The highest BCUT2D eigenvalue weighted by Crippen LogP contribution is 2.83. The summed E-state index contributed by atoms with van der Waals surface area (Å²) < 4.78 is 6.30. The Bertz CT molecular complexity index is 1180. The van der Waals surface area contributed by atoms with Crippen LogP contribution in [0.5, 0.6) is 0 Å². The fraction of sp³-hybridized carbons (Fsp3) is 0.613. The Morgan fingerprint density at radius 1 is 1.28 bits per heavy atom. The first-order chi connectivity index (χ1) is 17.3. The lowest BCUT2D eigenvalue weighted by atomic mass is 9.43. The average molecular weight is 488 g/mol. The van der Waals surface area contributed by atoms with Gasteiger partial charge >= 0.3 is 5.97 Å². The monoisotopic (exact) mass is 487 g/mol. The molecule has 0 aromatic heterocycles. The third-order valence-electron chi connectivity index (χ3n) is 11.8. The molecule has 7 rings (SSSR count). The number of benzene rings is 1. The highest BCUT2D eigenvalue weighted by atomic mass is 16.5. The molecular formula is C31H37NO4. The molecule has 1 N–H and O–H groups in total. The van der Waals surface area contributed by atoms with Crippen molar-refractivity contribution in [3.05, 3.63) is 54.1 Å². The number of piperidine rings is 1. The number of likely N-dealkylation sites (tertiary alicyclic amines) is 1. The summed E-state index contributed by atoms with van der Waals surface area (Å²) in [6, 6.07) is 9.99. The number of carbonyl (C=O) groups is 2. The second-order valence-corrected chi connectivity index (χ2v) is 12.8. The van der Waals surface area contributed by atoms with Crippen LogP contribution in [0.3, 0.4) is 0 Å². The van der Waals surface area contributed by atoms with Crippen molar-refractivity contribution in [2.24, 2.45) is 39.9 Å². The number of fused-ring (bicyclic) bond motifs is 1. The quantitative estimate of drug-likeness (QED) is 0.390. The summed E-state index contributed by atoms with van der Waals surface area (Å²) in [6.07, 6.45) is 6.56. The number of aliphatic hydroxyl groups is 1. The summed E-state index contributed by atoms with van der Waals surface area (Å²) in [5.74, 6) is 0.420. The molecule has 36 heavy (non-hydrogen) atoms. The third-order valence-corrected chi connectivity index (χ3v) is 11.8. The largest absolute Gasteiger partial charge is 0.454 e. The predicted molar refractivity (Wildman–Crippen MR) is 137 cm³/mol. The van der Waals surface area contributed by atoms with Gasteiger partial charge in [-0.15, -0.1) is 0 Å². The van der Waals surface area contributed by atoms with Crippen LogP contribution in [0, 0.1) is 39.9 Å². The van der Waals surface area contributed by atoms with Crippen molar-refractivity contribution in [1.82, 2.24) is 4.90 Å². The van der Waals surface area contributed by atoms with Crippen molar-refractivity contribution in [2.75, 3.05) is 13.1 Å². The Morgan fingerprint density at radius 3 is 2.81 bits per heavy atom. The van der Waals surface area contributed by atoms with E-state index >= 15 is 0 Å². The molecular weight excluding hydrogens is 450 g/mol. The molecule has 5 nitrogen and oxygen atoms in total. The topological polar surface area (TPSA) is 66.8 Å². The maximum atomic E-state index is 13.5. The van der Waals surface area contributed by atoms with E-state index in [4.69, 9.17) is 4.74 Å². The first-order valence-electron chi connectivity index (χ1n) is 13.8. The van der Waals surface area contributed by atoms with Gasteiger partial charge in [0.1, 0.15) is 11.9 Å². The van der Waals surface area contributed by atoms with E-state index < -0.39 is 12.2 Å². The number of hydrogen-bond donors (Lipinski definition) is 1. The van der Waals surface area contributed by atoms with Gasteiger partial charge in [-0.1, -0.05) is 50.8 Å². The molecule has 6 fully saturated rings. The van der Waals surface area contributed by atoms with Crippen molar-refractivity contribution in [1.29, 1.82) is 0 Å². The number of esters is 1. The van der Waals surface area contributed by atoms with Crippen molar-refractivity contribution in [2.45, 2.75) is 64.2 Å². The van der Waals surface area contributed by atoms with E-state index in [2.05, 4.69) is 25.3 Å². The third kappa shape index (κ3) is 2.54. The van der Waals surface area contributed by atoms with E-state index in [1.807, 2.05) is 30.3 Å². The lowest BCUT2D eigenvalue weighted by Gasteiger charge is -2.65. The average Bonchev–Trinajstić information content (AvgIpc) is 3.40. The van der Waals surface area contributed by atoms with Crippen LogP contribution in [0.1, 0.15) is 51.5 Å². The summed E-state index contributed by atoms with van der Waals surface area (Å²) in [4.78, 5) is 29.3. The molecule has 1 aromatic carbocycles. The smallest absolute Gasteiger partial charge is 0.331 e. The molecule has 190 valence electrons. The van der Waals surface area contributed by atoms with Gasteiger partial charge in [0.25, 0.3) is 0 Å². The Labute approximate surface area is 213 Å². The minimum absolute atomic E-state index is 0.0432. The van der Waals surface area contributed by atoms with Gasteiger partial charge < -0.3 is 9.84 Å². The number of Topliss-reactive ketones (excluding diaryl/α,β-unsaturated/α-hetero) is 1. The Balaban J connectivity index is 1.31. The molecule has 2 spiro atoms. The summed E-state index contributed by atoms with van der Waals surface area (Å²) in [5, 5.41) is 11.8. The number of ketones is 1. The number of rotatable bonds is 4. The van der Waals surface area contributed by atoms with Gasteiger partial charge in [-0.25, -0.2) is 4.79 Å². The van der Waals surface area contributed by atoms with Gasteiger partial charge in [0.15, 0.2) is 0 Å². The van der Waals surface area contributed by atoms with E-state index in [1.165, 1.54) is 6.08 Å². The zero-order valence-electron chi connectivity index (χ0n) is 21.4. The van der Waals surface area contributed by atoms with Crippen LogP contribution in [0.2, 0.25) is 0 Å². The van der Waals surface area contributed by atoms with E-state index in [9.17, 15) is 14.7 Å². The van der Waals surface area contributed by atoms with Crippen molar-refractivity contribution >= 4 is 17.8 Å². The molecule has 0 radical (unpaired) electrons. The first-order valence-corrected chi connectivity index (χ1v) is 13.8. The molecule has 5 aliphatic carbocycles. The maximum Gasteiger partial charge on any atom is 0.331 e. The van der Waals surface area contributed by atoms with Crippen LogP contribution in [-0.2, 0) is 14.3 Å². The summed E-state index contributed by atoms with van der Waals surface area (Å²) >= 11 is 0. The number of ether oxygens (including phenoxy) is 1. The van der Waals surface area contributed by atoms with Crippen LogP contribution in [0.4, 0.5) is 0 Å². The number of nitrogens with zero attached hydrogens (tertiary/aromatic N) is 1. The fourth-order valence-corrected chi connectivity index (χ4v) is 10.8.